The number of ether oxygens (including phenoxy) is 1. The van der Waals surface area contributed by atoms with Gasteiger partial charge in [-0.1, -0.05) is 103 Å². The van der Waals surface area contributed by atoms with Crippen LogP contribution in [0.4, 0.5) is 27.2 Å². The van der Waals surface area contributed by atoms with E-state index in [0.29, 0.717) is 58.4 Å². The molecule has 0 bridgehead atoms. The maximum atomic E-state index is 12.9. The highest BCUT2D eigenvalue weighted by Gasteiger charge is 2.20. The predicted octanol–water partition coefficient (Wildman–Crippen LogP) is 9.09. The summed E-state index contributed by atoms with van der Waals surface area (Å²) in [6, 6.07) is 7.33. The lowest BCUT2D eigenvalue weighted by molar-refractivity contribution is -0.121. The van der Waals surface area contributed by atoms with Crippen molar-refractivity contribution in [3.63, 3.8) is 0 Å². The van der Waals surface area contributed by atoms with Crippen LogP contribution in [0.25, 0.3) is 0 Å². The number of nitrogens with zero attached hydrogens (tertiary/aromatic N) is 5. The number of rotatable bonds is 24. The van der Waals surface area contributed by atoms with Gasteiger partial charge in [0.1, 0.15) is 28.9 Å². The van der Waals surface area contributed by atoms with Crippen molar-refractivity contribution in [3.8, 4) is 0 Å². The average Bonchev–Trinajstić information content (AvgIpc) is 3.70. The second-order valence-corrected chi connectivity index (χ2v) is 15.5. The zero-order valence-electron chi connectivity index (χ0n) is 35.1. The van der Waals surface area contributed by atoms with Gasteiger partial charge in [-0.25, -0.2) is 19.7 Å². The molecule has 0 atom stereocenters. The van der Waals surface area contributed by atoms with Crippen LogP contribution in [0.1, 0.15) is 79.3 Å². The largest absolute Gasteiger partial charge is 0.448 e. The Morgan fingerprint density at radius 3 is 2.22 bits per heavy atom. The highest BCUT2D eigenvalue weighted by atomic mass is 35.5. The van der Waals surface area contributed by atoms with Crippen molar-refractivity contribution in [2.75, 3.05) is 68.0 Å². The second kappa shape index (κ2) is 27.4. The van der Waals surface area contributed by atoms with Crippen LogP contribution >= 0.6 is 22.9 Å². The molecule has 2 aromatic heterocycles. The van der Waals surface area contributed by atoms with Crippen LogP contribution in [0, 0.1) is 13.8 Å². The minimum Gasteiger partial charge on any atom is -0.448 e. The first-order valence-corrected chi connectivity index (χ1v) is 22.0. The topological polar surface area (TPSA) is 154 Å². The Labute approximate surface area is 364 Å². The molecule has 322 valence electrons. The van der Waals surface area contributed by atoms with E-state index in [2.05, 4.69) is 114 Å². The third-order valence-corrected chi connectivity index (χ3v) is 10.5. The van der Waals surface area contributed by atoms with Gasteiger partial charge in [-0.2, -0.15) is 0 Å². The first-order valence-electron chi connectivity index (χ1n) is 20.8. The summed E-state index contributed by atoms with van der Waals surface area (Å²) < 4.78 is 5.37. The number of para-hydroxylation sites is 1. The third-order valence-electron chi connectivity index (χ3n) is 9.24. The van der Waals surface area contributed by atoms with Crippen LogP contribution in [-0.2, 0) is 9.53 Å². The van der Waals surface area contributed by atoms with E-state index in [-0.39, 0.29) is 18.4 Å². The first-order chi connectivity index (χ1) is 29.2. The molecule has 0 aliphatic carbocycles. The first kappa shape index (κ1) is 47.4. The third kappa shape index (κ3) is 18.3. The molecule has 0 radical (unpaired) electrons. The number of piperazine rings is 1. The van der Waals surface area contributed by atoms with Crippen LogP contribution in [-0.4, -0.2) is 90.2 Å². The lowest BCUT2D eigenvalue weighted by Gasteiger charge is -2.35. The maximum absolute atomic E-state index is 12.9. The van der Waals surface area contributed by atoms with Gasteiger partial charge in [0.15, 0.2) is 5.13 Å². The van der Waals surface area contributed by atoms with E-state index in [0.717, 1.165) is 82.5 Å². The summed E-state index contributed by atoms with van der Waals surface area (Å²) in [5.41, 5.74) is 1.45. The Bertz CT molecular complexity index is 1930. The molecule has 1 aromatic carbocycles. The van der Waals surface area contributed by atoms with E-state index < -0.39 is 6.09 Å². The Balaban J connectivity index is 1.02. The molecule has 60 heavy (non-hydrogen) atoms. The SMILES string of the molecule is CCC=CCC=CCC=CCC=CCC=CCCCC(=O)NCCNC(=O)OCCN1CCN(c2cc(Nc3ncc(C(=O)Nc4c(C)cccc4Cl)s3)nc(C)n2)CC1. The summed E-state index contributed by atoms with van der Waals surface area (Å²) >= 11 is 7.50. The van der Waals surface area contributed by atoms with Gasteiger partial charge in [-0.15, -0.1) is 0 Å². The maximum Gasteiger partial charge on any atom is 0.407 e. The standard InChI is InChI=1S/C45H60ClN9O4S/c1-4-5-6-7-8-9-10-11-12-13-14-15-16-17-18-19-20-24-41(56)47-25-26-48-45(58)59-32-31-54-27-29-55(30-28-54)40-33-39(50-36(3)51-40)52-44-49-34-38(60-44)43(57)53-42-35(2)22-21-23-37(42)46/h5-6,8-9,11-12,14-15,17-18,21-23,33-34H,4,7,10,13,16,19-20,24-32H2,1-3H3,(H,47,56)(H,48,58)(H,53,57)(H,49,50,51,52). The highest BCUT2D eigenvalue weighted by molar-refractivity contribution is 7.17. The summed E-state index contributed by atoms with van der Waals surface area (Å²) in [6.07, 6.45) is 29.7. The molecule has 1 fully saturated rings. The number of carbonyl (C=O) groups is 3. The molecule has 3 heterocycles. The normalized spacial score (nSPS) is 13.6. The number of anilines is 4. The van der Waals surface area contributed by atoms with Crippen LogP contribution in [0.5, 0.6) is 0 Å². The van der Waals surface area contributed by atoms with Crippen molar-refractivity contribution in [1.29, 1.82) is 0 Å². The number of hydrogen-bond donors (Lipinski definition) is 4. The van der Waals surface area contributed by atoms with Gasteiger partial charge in [-0.05, 0) is 70.4 Å². The van der Waals surface area contributed by atoms with E-state index in [4.69, 9.17) is 16.3 Å². The highest BCUT2D eigenvalue weighted by Crippen LogP contribution is 2.28. The van der Waals surface area contributed by atoms with Crippen LogP contribution in [0.3, 0.4) is 0 Å². The summed E-state index contributed by atoms with van der Waals surface area (Å²) in [7, 11) is 0. The molecule has 15 heteroatoms. The number of aryl methyl sites for hydroxylation is 2. The fourth-order valence-electron chi connectivity index (χ4n) is 6.01. The smallest absolute Gasteiger partial charge is 0.407 e. The number of alkyl carbamates (subject to hydrolysis) is 1. The Hall–Kier alpha value is -5.31. The van der Waals surface area contributed by atoms with E-state index in [9.17, 15) is 14.4 Å². The zero-order chi connectivity index (χ0) is 42.8. The molecular formula is C45H60ClN9O4S. The number of aromatic nitrogens is 3. The molecule has 1 aliphatic heterocycles. The lowest BCUT2D eigenvalue weighted by Crippen LogP contribution is -2.48. The van der Waals surface area contributed by atoms with Crippen LogP contribution < -0.4 is 26.2 Å². The molecule has 4 rings (SSSR count). The molecule has 1 saturated heterocycles. The monoisotopic (exact) mass is 857 g/mol. The number of allylic oxidation sites excluding steroid dienone is 10. The summed E-state index contributed by atoms with van der Waals surface area (Å²) in [6.45, 7) is 10.4. The minimum absolute atomic E-state index is 0.0264. The number of thiazole rings is 1. The fraction of sp³-hybridized carbons (Fsp3) is 0.422. The van der Waals surface area contributed by atoms with Crippen molar-refractivity contribution in [2.45, 2.75) is 72.1 Å². The quantitative estimate of drug-likeness (QED) is 0.0507. The van der Waals surface area contributed by atoms with Crippen molar-refractivity contribution in [1.82, 2.24) is 30.5 Å². The van der Waals surface area contributed by atoms with E-state index >= 15 is 0 Å². The summed E-state index contributed by atoms with van der Waals surface area (Å²) in [5.74, 6) is 1.67. The van der Waals surface area contributed by atoms with Crippen molar-refractivity contribution >= 4 is 63.3 Å². The number of hydrogen-bond acceptors (Lipinski definition) is 11. The molecule has 0 saturated carbocycles. The Morgan fingerprint density at radius 1 is 0.867 bits per heavy atom. The molecule has 1 aliphatic rings. The van der Waals surface area contributed by atoms with Crippen molar-refractivity contribution in [3.05, 3.63) is 113 Å². The number of amides is 3. The van der Waals surface area contributed by atoms with E-state index in [1.54, 1.807) is 6.07 Å². The molecule has 13 nitrogen and oxygen atoms in total. The van der Waals surface area contributed by atoms with Crippen molar-refractivity contribution < 1.29 is 19.1 Å². The molecular weight excluding hydrogens is 798 g/mol. The van der Waals surface area contributed by atoms with E-state index in [1.807, 2.05) is 32.0 Å². The molecule has 3 aromatic rings. The van der Waals surface area contributed by atoms with Gasteiger partial charge in [-0.3, -0.25) is 14.5 Å². The fourth-order valence-corrected chi connectivity index (χ4v) is 7.00. The number of carbonyl (C=O) groups excluding carboxylic acids is 3. The number of halogens is 1. The second-order valence-electron chi connectivity index (χ2n) is 14.0. The summed E-state index contributed by atoms with van der Waals surface area (Å²) in [5, 5.41) is 12.6. The Morgan fingerprint density at radius 2 is 1.53 bits per heavy atom. The van der Waals surface area contributed by atoms with Crippen LogP contribution in [0.2, 0.25) is 5.02 Å². The zero-order valence-corrected chi connectivity index (χ0v) is 36.7. The van der Waals surface area contributed by atoms with Gasteiger partial charge in [0.05, 0.1) is 16.9 Å². The molecule has 3 amide bonds. The number of unbranched alkanes of at least 4 members (excludes halogenated alkanes) is 1. The predicted molar refractivity (Wildman–Crippen MR) is 246 cm³/mol. The van der Waals surface area contributed by atoms with Gasteiger partial charge < -0.3 is 30.9 Å². The minimum atomic E-state index is -0.499. The van der Waals surface area contributed by atoms with E-state index in [1.165, 1.54) is 17.5 Å². The molecule has 0 spiro atoms. The molecule has 4 N–H and O–H groups in total. The number of benzene rings is 1. The summed E-state index contributed by atoms with van der Waals surface area (Å²) in [4.78, 5) is 55.7. The van der Waals surface area contributed by atoms with Crippen LogP contribution in [0.15, 0.2) is 91.2 Å². The van der Waals surface area contributed by atoms with Gasteiger partial charge in [0.2, 0.25) is 5.91 Å². The van der Waals surface area contributed by atoms with Gasteiger partial charge in [0, 0.05) is 58.3 Å². The lowest BCUT2D eigenvalue weighted by atomic mass is 10.2. The Kier molecular flexibility index (Phi) is 21.7. The van der Waals surface area contributed by atoms with Crippen molar-refractivity contribution in [2.24, 2.45) is 0 Å². The molecule has 0 unspecified atom stereocenters. The van der Waals surface area contributed by atoms with Gasteiger partial charge in [0.25, 0.3) is 5.91 Å². The average molecular weight is 859 g/mol. The van der Waals surface area contributed by atoms with Gasteiger partial charge >= 0.3 is 6.09 Å². The number of nitrogens with one attached hydrogen (secondary N) is 4.